The van der Waals surface area contributed by atoms with Crippen molar-refractivity contribution < 1.29 is 23.1 Å². The van der Waals surface area contributed by atoms with E-state index < -0.39 is 6.03 Å². The van der Waals surface area contributed by atoms with Gasteiger partial charge in [0.2, 0.25) is 12.1 Å². The lowest BCUT2D eigenvalue weighted by Crippen LogP contribution is -2.61. The Kier molecular flexibility index (Phi) is 12.9. The Morgan fingerprint density at radius 3 is 1.82 bits per heavy atom. The van der Waals surface area contributed by atoms with Crippen LogP contribution in [0.1, 0.15) is 174 Å². The third-order valence-electron chi connectivity index (χ3n) is 13.1. The summed E-state index contributed by atoms with van der Waals surface area (Å²) in [5.74, 6) is 1.80. The number of nitrogens with zero attached hydrogens (tertiary/aromatic N) is 3. The van der Waals surface area contributed by atoms with Crippen molar-refractivity contribution in [2.45, 2.75) is 176 Å². The van der Waals surface area contributed by atoms with Crippen molar-refractivity contribution in [2.75, 3.05) is 32.7 Å². The number of hydrogen-bond donors (Lipinski definition) is 0. The van der Waals surface area contributed by atoms with Gasteiger partial charge in [-0.05, 0) is 95.4 Å². The van der Waals surface area contributed by atoms with Crippen molar-refractivity contribution in [3.63, 3.8) is 0 Å². The van der Waals surface area contributed by atoms with Crippen molar-refractivity contribution in [1.82, 2.24) is 0 Å². The quantitative estimate of drug-likeness (QED) is 0.101. The number of rotatable bonds is 17. The van der Waals surface area contributed by atoms with Crippen LogP contribution in [-0.4, -0.2) is 70.4 Å². The van der Waals surface area contributed by atoms with E-state index in [0.717, 1.165) is 42.0 Å². The van der Waals surface area contributed by atoms with E-state index in [9.17, 15) is 0 Å². The summed E-state index contributed by atoms with van der Waals surface area (Å²) in [6, 6.07) is 17.7. The first-order valence-electron chi connectivity index (χ1n) is 22.9. The smallest absolute Gasteiger partial charge is 0.341 e. The maximum Gasteiger partial charge on any atom is 0.704 e. The van der Waals surface area contributed by atoms with Crippen LogP contribution >= 0.6 is 0 Å². The predicted molar refractivity (Wildman–Crippen MR) is 241 cm³/mol. The molecule has 3 aromatic carbocycles. The number of hydrogen-bond acceptors (Lipinski definition) is 2. The van der Waals surface area contributed by atoms with Crippen LogP contribution in [-0.2, 0) is 23.7 Å². The van der Waals surface area contributed by atoms with Gasteiger partial charge in [0.1, 0.15) is 0 Å². The second-order valence-electron chi connectivity index (χ2n) is 20.5. The van der Waals surface area contributed by atoms with Gasteiger partial charge in [-0.1, -0.05) is 134 Å². The third-order valence-corrected chi connectivity index (χ3v) is 13.1. The summed E-state index contributed by atoms with van der Waals surface area (Å²) >= 11 is 0. The first-order chi connectivity index (χ1) is 27.0. The molecule has 5 heteroatoms. The lowest BCUT2D eigenvalue weighted by molar-refractivity contribution is -0.929. The van der Waals surface area contributed by atoms with Gasteiger partial charge < -0.3 is 14.0 Å². The summed E-state index contributed by atoms with van der Waals surface area (Å²) in [7, 11) is 0. The number of aryl methyl sites for hydroxylation is 2. The van der Waals surface area contributed by atoms with Crippen LogP contribution in [0, 0.1) is 0 Å². The molecule has 0 saturated carbocycles. The molecule has 0 aliphatic carbocycles. The molecular formula is C52H78N3O2+3. The molecule has 0 aromatic heterocycles. The normalized spacial score (nSPS) is 18.5. The molecule has 1 saturated heterocycles. The molecule has 1 spiro atoms. The molecule has 1 atom stereocenters. The van der Waals surface area contributed by atoms with E-state index in [1.54, 1.807) is 0 Å². The van der Waals surface area contributed by atoms with Gasteiger partial charge in [0.15, 0.2) is 23.9 Å². The van der Waals surface area contributed by atoms with E-state index in [2.05, 4.69) is 153 Å². The summed E-state index contributed by atoms with van der Waals surface area (Å²) in [6.07, 6.45) is 18.3. The molecule has 6 rings (SSSR count). The Morgan fingerprint density at radius 2 is 1.25 bits per heavy atom. The van der Waals surface area contributed by atoms with Gasteiger partial charge in [-0.2, -0.15) is 0 Å². The number of quaternary nitrogens is 1. The molecule has 0 N–H and O–H groups in total. The van der Waals surface area contributed by atoms with Crippen LogP contribution in [0.3, 0.4) is 0 Å². The average molecular weight is 777 g/mol. The van der Waals surface area contributed by atoms with Crippen LogP contribution in [0.15, 0.2) is 48.5 Å². The van der Waals surface area contributed by atoms with E-state index in [-0.39, 0.29) is 16.4 Å². The molecule has 1 fully saturated rings. The number of fused-ring (bicyclic) bond motifs is 2. The summed E-state index contributed by atoms with van der Waals surface area (Å²) < 4.78 is 20.4. The first kappa shape index (κ1) is 43.1. The molecule has 0 amide bonds. The van der Waals surface area contributed by atoms with Gasteiger partial charge in [0.25, 0.3) is 0 Å². The number of benzene rings is 3. The fraction of sp³-hybridized carbons (Fsp3) is 0.615. The van der Waals surface area contributed by atoms with Crippen molar-refractivity contribution >= 4 is 12.4 Å². The fourth-order valence-electron chi connectivity index (χ4n) is 9.63. The lowest BCUT2D eigenvalue weighted by atomic mass is 9.79. The zero-order chi connectivity index (χ0) is 41.2. The van der Waals surface area contributed by atoms with E-state index in [1.165, 1.54) is 122 Å². The Balaban J connectivity index is 1.37. The van der Waals surface area contributed by atoms with Gasteiger partial charge in [0, 0.05) is 25.8 Å². The molecule has 3 aliphatic rings. The highest BCUT2D eigenvalue weighted by molar-refractivity contribution is 5.86. The standard InChI is InChI=1S/C52H78N3O2/c1-13-17-23-39-24-21-25-40(26-22-32-55(29-18-14-2,30-19-15-3)31-20-16-4)47(39)41-27-28-46-42(33-41)36-53-38-51(11,12)54-37-43-34-44(49(5,6)7)35-45(50(8,9)10)48(43)57-52(53,54)56-46/h21,24-25,27-28,33-37H,13-20,22-23,26,29-32,38H2,1-12H3/q+3. The maximum absolute atomic E-state index is 7.27. The van der Waals surface area contributed by atoms with Crippen LogP contribution in [0.25, 0.3) is 11.1 Å². The second-order valence-corrected chi connectivity index (χ2v) is 20.5. The number of ether oxygens (including phenoxy) is 2. The van der Waals surface area contributed by atoms with Crippen LogP contribution < -0.4 is 9.47 Å². The van der Waals surface area contributed by atoms with Crippen molar-refractivity contribution in [2.24, 2.45) is 0 Å². The molecule has 57 heavy (non-hydrogen) atoms. The minimum Gasteiger partial charge on any atom is -0.341 e. The summed E-state index contributed by atoms with van der Waals surface area (Å²) in [5.41, 5.74) is 10.2. The molecule has 0 bridgehead atoms. The second kappa shape index (κ2) is 17.0. The summed E-state index contributed by atoms with van der Waals surface area (Å²) in [4.78, 5) is 0. The minimum absolute atomic E-state index is 0.0209. The summed E-state index contributed by atoms with van der Waals surface area (Å²) in [5, 5.41) is 0. The van der Waals surface area contributed by atoms with E-state index in [0.29, 0.717) is 0 Å². The predicted octanol–water partition coefficient (Wildman–Crippen LogP) is 12.2. The molecule has 1 unspecified atom stereocenters. The largest absolute Gasteiger partial charge is 0.704 e. The van der Waals surface area contributed by atoms with Crippen LogP contribution in [0.4, 0.5) is 0 Å². The van der Waals surface area contributed by atoms with Crippen LogP contribution in [0.2, 0.25) is 0 Å². The van der Waals surface area contributed by atoms with Gasteiger partial charge in [0.05, 0.1) is 37.3 Å². The van der Waals surface area contributed by atoms with Crippen molar-refractivity contribution in [3.05, 3.63) is 81.9 Å². The highest BCUT2D eigenvalue weighted by Gasteiger charge is 2.75. The van der Waals surface area contributed by atoms with Crippen molar-refractivity contribution in [1.29, 1.82) is 0 Å². The molecule has 310 valence electrons. The zero-order valence-corrected chi connectivity index (χ0v) is 38.2. The van der Waals surface area contributed by atoms with Gasteiger partial charge in [-0.25, -0.2) is 0 Å². The Hall–Kier alpha value is -3.44. The Morgan fingerprint density at radius 1 is 0.649 bits per heavy atom. The Bertz CT molecular complexity index is 1930. The molecule has 5 nitrogen and oxygen atoms in total. The number of unbranched alkanes of at least 4 members (excludes halogenated alkanes) is 4. The van der Waals surface area contributed by atoms with E-state index in [4.69, 9.17) is 9.47 Å². The molecule has 3 heterocycles. The SMILES string of the molecule is CCCCc1cccc(CCC[N+](CCCC)(CCCC)CCCC)c1-c1ccc2c(c1)C=[N+]1CC(C)(C)[N+]3=Cc4cc(C(C)(C)C)cc(C(C)(C)C)c4OC13O2. The monoisotopic (exact) mass is 777 g/mol. The van der Waals surface area contributed by atoms with E-state index >= 15 is 0 Å². The third kappa shape index (κ3) is 8.94. The Labute approximate surface area is 347 Å². The lowest BCUT2D eigenvalue weighted by Gasteiger charge is -2.39. The molecule has 0 radical (unpaired) electrons. The average Bonchev–Trinajstić information content (AvgIpc) is 3.38. The molecule has 3 aromatic rings. The van der Waals surface area contributed by atoms with Gasteiger partial charge >= 0.3 is 6.03 Å². The maximum atomic E-state index is 7.27. The highest BCUT2D eigenvalue weighted by atomic mass is 16.7. The fourth-order valence-corrected chi connectivity index (χ4v) is 9.63. The highest BCUT2D eigenvalue weighted by Crippen LogP contribution is 2.47. The van der Waals surface area contributed by atoms with Gasteiger partial charge in [-0.3, -0.25) is 0 Å². The minimum atomic E-state index is -1.09. The first-order valence-corrected chi connectivity index (χ1v) is 22.9. The summed E-state index contributed by atoms with van der Waals surface area (Å²) in [6.45, 7) is 33.8. The zero-order valence-electron chi connectivity index (χ0n) is 38.2. The molecular weight excluding hydrogens is 699 g/mol. The molecule has 3 aliphatic heterocycles. The van der Waals surface area contributed by atoms with E-state index in [1.807, 2.05) is 0 Å². The van der Waals surface area contributed by atoms with Crippen molar-refractivity contribution in [3.8, 4) is 22.6 Å². The van der Waals surface area contributed by atoms with Gasteiger partial charge in [-0.15, -0.1) is 0 Å². The van der Waals surface area contributed by atoms with Crippen LogP contribution in [0.5, 0.6) is 11.5 Å². The topological polar surface area (TPSA) is 24.5 Å².